The number of phenols is 1. The van der Waals surface area contributed by atoms with Crippen molar-refractivity contribution in [3.8, 4) is 28.7 Å². The number of aliphatic hydroxyl groups excluding tert-OH is 6. The van der Waals surface area contributed by atoms with Crippen LogP contribution in [0.15, 0.2) is 82.0 Å². The van der Waals surface area contributed by atoms with Gasteiger partial charge in [-0.05, 0) is 66.1 Å². The number of benzene rings is 4. The molecule has 0 saturated carbocycles. The number of anilines is 1. The second kappa shape index (κ2) is 21.6. The van der Waals surface area contributed by atoms with Gasteiger partial charge in [-0.3, -0.25) is 28.9 Å². The highest BCUT2D eigenvalue weighted by molar-refractivity contribution is 6.32. The third-order valence-corrected chi connectivity index (χ3v) is 14.6. The highest BCUT2D eigenvalue weighted by Crippen LogP contribution is 2.57. The number of halogens is 1. The van der Waals surface area contributed by atoms with Crippen LogP contribution in [0.3, 0.4) is 0 Å². The number of amides is 4. The van der Waals surface area contributed by atoms with Crippen molar-refractivity contribution in [3.63, 3.8) is 0 Å². The van der Waals surface area contributed by atoms with Gasteiger partial charge in [0, 0.05) is 59.8 Å². The summed E-state index contributed by atoms with van der Waals surface area (Å²) in [7, 11) is 0. The molecule has 81 heavy (non-hydrogen) atoms. The predicted molar refractivity (Wildman–Crippen MR) is 265 cm³/mol. The fraction of sp³-hybridized carbons (Fsp3) is 0.346. The van der Waals surface area contributed by atoms with Gasteiger partial charge in [-0.1, -0.05) is 17.7 Å². The van der Waals surface area contributed by atoms with Gasteiger partial charge in [0.25, 0.3) is 11.8 Å². The van der Waals surface area contributed by atoms with E-state index in [2.05, 4.69) is 10.6 Å². The van der Waals surface area contributed by atoms with Crippen LogP contribution in [0.1, 0.15) is 51.9 Å². The molecule has 3 fully saturated rings. The lowest BCUT2D eigenvalue weighted by Gasteiger charge is -2.40. The third-order valence-electron chi connectivity index (χ3n) is 14.3. The quantitative estimate of drug-likeness (QED) is 0.0527. The van der Waals surface area contributed by atoms with Gasteiger partial charge in [0.2, 0.25) is 24.4 Å². The molecule has 0 radical (unpaired) electrons. The maximum absolute atomic E-state index is 13.7. The minimum absolute atomic E-state index is 0.00875. The SMILES string of the molecule is O=C(CCC(=O)NC1C(=O)N(C(=O)c2cc3cc(Cl)c(O)cc3oc2=O)CCC1C(=O)O)Nc1ccc2c(c1)COC21c2ccc(O[C@H]3O[C@@H](C(=O)O)[C@H](O)[C@@H](O)[C@@H]3O)cc2Oc2cc(O[C@@H]3O[C@H](C(=O)O)[C@@H](O)[C@H](O)[C@H]3O)ccc21. The summed E-state index contributed by atoms with van der Waals surface area (Å²) < 4.78 is 40.3. The molecule has 13 atom stereocenters. The van der Waals surface area contributed by atoms with Gasteiger partial charge >= 0.3 is 23.5 Å². The van der Waals surface area contributed by atoms with E-state index in [4.69, 9.17) is 44.4 Å². The highest BCUT2D eigenvalue weighted by Gasteiger charge is 2.53. The highest BCUT2D eigenvalue weighted by atomic mass is 35.5. The van der Waals surface area contributed by atoms with Gasteiger partial charge < -0.3 is 94.5 Å². The van der Waals surface area contributed by atoms with Crippen LogP contribution in [0, 0.1) is 5.92 Å². The smallest absolute Gasteiger partial charge is 0.349 e. The van der Waals surface area contributed by atoms with E-state index in [9.17, 15) is 89.4 Å². The Kier molecular flexibility index (Phi) is 15.0. The number of likely N-dealkylation sites (tertiary alicyclic amines) is 1. The summed E-state index contributed by atoms with van der Waals surface area (Å²) >= 11 is 5.98. The number of phenolic OH excluding ortho intramolecular Hbond substituents is 1. The number of hydrogen-bond acceptors (Lipinski definition) is 22. The maximum Gasteiger partial charge on any atom is 0.349 e. The van der Waals surface area contributed by atoms with Gasteiger partial charge in [-0.25, -0.2) is 14.4 Å². The zero-order chi connectivity index (χ0) is 58.1. The van der Waals surface area contributed by atoms with E-state index in [0.717, 1.165) is 12.1 Å². The molecule has 5 aliphatic rings. The van der Waals surface area contributed by atoms with E-state index in [0.29, 0.717) is 27.2 Å². The van der Waals surface area contributed by atoms with Crippen LogP contribution in [-0.2, 0) is 55.2 Å². The molecule has 0 aliphatic carbocycles. The number of piperidine rings is 1. The monoisotopic (exact) mass is 1150 g/mol. The number of fused-ring (bicyclic) bond motifs is 7. The number of carboxylic acid groups (broad SMARTS) is 3. The molecule has 3 saturated heterocycles. The van der Waals surface area contributed by atoms with E-state index in [1.807, 2.05) is 0 Å². The van der Waals surface area contributed by atoms with E-state index in [-0.39, 0.29) is 57.7 Å². The summed E-state index contributed by atoms with van der Waals surface area (Å²) in [6, 6.07) is 14.7. The summed E-state index contributed by atoms with van der Waals surface area (Å²) in [4.78, 5) is 103. The Morgan fingerprint density at radius 2 is 1.25 bits per heavy atom. The first-order chi connectivity index (χ1) is 38.4. The van der Waals surface area contributed by atoms with Crippen LogP contribution in [-0.4, -0.2) is 172 Å². The number of rotatable bonds is 13. The average Bonchev–Trinajstić information content (AvgIpc) is 2.36. The summed E-state index contributed by atoms with van der Waals surface area (Å²) in [5, 5.41) is 107. The molecule has 10 rings (SSSR count). The van der Waals surface area contributed by atoms with Crippen molar-refractivity contribution in [3.05, 3.63) is 116 Å². The number of aliphatic carboxylic acids is 3. The standard InChI is InChI=1S/C52H46ClN3O25/c53-28-13-18-12-24(49(74)79-30(18)16-29(28)57)44(66)56-10-9-23(46(68)69)35(45(56)67)55-34(59)8-7-33(58)54-20-1-4-25-19(11-20)17-75-52(25)26-5-2-21(76-50-40(64)36(60)38(62)42(80-50)47(70)71)14-31(26)78-32-15-22(3-6-27(32)52)77-51-41(65)37(61)39(63)43(81-51)48(72)73/h1-6,11-16,23,35-43,50-51,57,60-65H,7-10,17H2,(H,54,58)(H,55,59)(H,68,69)(H,70,71)(H,72,73)/t23?,35?,36-,37+,38-,39+,40+,41-,42-,43+,50+,51-,52?. The first-order valence-electron chi connectivity index (χ1n) is 24.5. The first kappa shape index (κ1) is 56.0. The minimum Gasteiger partial charge on any atom is -0.506 e. The number of carbonyl (C=O) groups is 7. The zero-order valence-corrected chi connectivity index (χ0v) is 42.1. The molecule has 4 aromatic carbocycles. The number of carboxylic acids is 3. The summed E-state index contributed by atoms with van der Waals surface area (Å²) in [5.41, 5.74) is -1.61. The minimum atomic E-state index is -2.01. The van der Waals surface area contributed by atoms with Crippen molar-refractivity contribution in [2.45, 2.75) is 98.9 Å². The number of hydrogen-bond donors (Lipinski definition) is 12. The normalized spacial score (nSPS) is 28.4. The van der Waals surface area contributed by atoms with Crippen LogP contribution < -0.4 is 30.5 Å². The van der Waals surface area contributed by atoms with Crippen molar-refractivity contribution < 1.29 is 117 Å². The molecule has 426 valence electrons. The van der Waals surface area contributed by atoms with E-state index >= 15 is 0 Å². The van der Waals surface area contributed by atoms with Crippen molar-refractivity contribution in [1.82, 2.24) is 10.2 Å². The third kappa shape index (κ3) is 10.2. The van der Waals surface area contributed by atoms with Gasteiger partial charge in [-0.2, -0.15) is 0 Å². The molecule has 6 heterocycles. The Morgan fingerprint density at radius 3 is 1.81 bits per heavy atom. The van der Waals surface area contributed by atoms with Crippen LogP contribution in [0.5, 0.6) is 28.7 Å². The first-order valence-corrected chi connectivity index (χ1v) is 24.9. The summed E-state index contributed by atoms with van der Waals surface area (Å²) in [6.07, 6.45) is -20.9. The molecule has 5 aromatic rings. The van der Waals surface area contributed by atoms with Gasteiger partial charge in [0.05, 0.1) is 17.5 Å². The topological polar surface area (TPSA) is 435 Å². The van der Waals surface area contributed by atoms with E-state index in [1.165, 1.54) is 48.5 Å². The van der Waals surface area contributed by atoms with Crippen molar-refractivity contribution >= 4 is 69.8 Å². The van der Waals surface area contributed by atoms with Gasteiger partial charge in [0.1, 0.15) is 82.6 Å². The molecular formula is C52H46ClN3O25. The van der Waals surface area contributed by atoms with Gasteiger partial charge in [0.15, 0.2) is 17.8 Å². The van der Waals surface area contributed by atoms with Crippen LogP contribution in [0.25, 0.3) is 11.0 Å². The Hall–Kier alpha value is -8.29. The molecule has 29 heteroatoms. The Balaban J connectivity index is 0.870. The number of aliphatic hydroxyl groups is 6. The molecule has 0 bridgehead atoms. The maximum atomic E-state index is 13.7. The molecule has 12 N–H and O–H groups in total. The number of nitrogens with zero attached hydrogens (tertiary/aromatic N) is 1. The number of imide groups is 1. The molecule has 5 aliphatic heterocycles. The van der Waals surface area contributed by atoms with Crippen molar-refractivity contribution in [1.29, 1.82) is 0 Å². The lowest BCUT2D eigenvalue weighted by atomic mass is 9.77. The van der Waals surface area contributed by atoms with Gasteiger partial charge in [-0.15, -0.1) is 0 Å². The fourth-order valence-corrected chi connectivity index (χ4v) is 10.4. The van der Waals surface area contributed by atoms with Crippen LogP contribution in [0.2, 0.25) is 5.02 Å². The lowest BCUT2D eigenvalue weighted by molar-refractivity contribution is -0.271. The lowest BCUT2D eigenvalue weighted by Crippen LogP contribution is -2.61. The van der Waals surface area contributed by atoms with Crippen LogP contribution in [0.4, 0.5) is 5.69 Å². The Labute approximate surface area is 457 Å². The van der Waals surface area contributed by atoms with Crippen LogP contribution >= 0.6 is 11.6 Å². The number of nitrogens with one attached hydrogen (secondary N) is 2. The summed E-state index contributed by atoms with van der Waals surface area (Å²) in [6.45, 7) is -0.569. The average molecular weight is 1150 g/mol. The second-order valence-corrected chi connectivity index (χ2v) is 19.8. The summed E-state index contributed by atoms with van der Waals surface area (Å²) in [5.74, 6) is -10.8. The molecule has 3 unspecified atom stereocenters. The zero-order valence-electron chi connectivity index (χ0n) is 41.3. The molecular weight excluding hydrogens is 1100 g/mol. The largest absolute Gasteiger partial charge is 0.506 e. The van der Waals surface area contributed by atoms with E-state index in [1.54, 1.807) is 12.1 Å². The van der Waals surface area contributed by atoms with Crippen molar-refractivity contribution in [2.75, 3.05) is 11.9 Å². The number of ether oxygens (including phenoxy) is 6. The Bertz CT molecular complexity index is 3400. The molecule has 4 amide bonds. The van der Waals surface area contributed by atoms with E-state index < -0.39 is 157 Å². The fourth-order valence-electron chi connectivity index (χ4n) is 10.2. The predicted octanol–water partition coefficient (Wildman–Crippen LogP) is -0.401. The second-order valence-electron chi connectivity index (χ2n) is 19.4. The van der Waals surface area contributed by atoms with Crippen molar-refractivity contribution in [2.24, 2.45) is 5.92 Å². The number of carbonyl (C=O) groups excluding carboxylic acids is 4. The molecule has 1 aromatic heterocycles. The molecule has 28 nitrogen and oxygen atoms in total. The Morgan fingerprint density at radius 1 is 0.679 bits per heavy atom. The molecule has 1 spiro atoms. The number of aromatic hydroxyl groups is 1.